The van der Waals surface area contributed by atoms with Crippen LogP contribution in [-0.4, -0.2) is 40.5 Å². The van der Waals surface area contributed by atoms with Gasteiger partial charge in [-0.25, -0.2) is 14.4 Å². The number of halogens is 1. The second-order valence-corrected chi connectivity index (χ2v) is 5.00. The molecule has 106 valence electrons. The number of anilines is 1. The Morgan fingerprint density at radius 3 is 2.95 bits per heavy atom. The van der Waals surface area contributed by atoms with Crippen LogP contribution in [0.4, 0.5) is 10.2 Å². The van der Waals surface area contributed by atoms with Gasteiger partial charge in [-0.1, -0.05) is 20.3 Å². The van der Waals surface area contributed by atoms with Gasteiger partial charge in [0.25, 0.3) is 0 Å². The van der Waals surface area contributed by atoms with Crippen LogP contribution in [0.1, 0.15) is 38.8 Å². The monoisotopic (exact) mass is 266 g/mol. The van der Waals surface area contributed by atoms with Gasteiger partial charge in [0.1, 0.15) is 6.33 Å². The summed E-state index contributed by atoms with van der Waals surface area (Å²) >= 11 is 0. The van der Waals surface area contributed by atoms with Crippen LogP contribution in [-0.2, 0) is 6.42 Å². The van der Waals surface area contributed by atoms with Crippen molar-refractivity contribution >= 4 is 5.82 Å². The largest absolute Gasteiger partial charge is 0.366 e. The maximum atomic E-state index is 14.0. The number of rotatable bonds is 5. The Labute approximate surface area is 114 Å². The van der Waals surface area contributed by atoms with Crippen molar-refractivity contribution in [1.82, 2.24) is 14.9 Å². The minimum Gasteiger partial charge on any atom is -0.366 e. The molecule has 1 aliphatic rings. The zero-order valence-corrected chi connectivity index (χ0v) is 11.8. The van der Waals surface area contributed by atoms with E-state index in [0.717, 1.165) is 19.6 Å². The second kappa shape index (κ2) is 6.80. The van der Waals surface area contributed by atoms with Crippen molar-refractivity contribution in [3.05, 3.63) is 17.8 Å². The van der Waals surface area contributed by atoms with Gasteiger partial charge >= 0.3 is 0 Å². The third kappa shape index (κ3) is 3.41. The lowest BCUT2D eigenvalue weighted by atomic mass is 10.0. The predicted octanol–water partition coefficient (Wildman–Crippen LogP) is 2.46. The average molecular weight is 266 g/mol. The number of piperidine rings is 1. The molecule has 1 aliphatic heterocycles. The van der Waals surface area contributed by atoms with E-state index in [2.05, 4.69) is 27.1 Å². The number of likely N-dealkylation sites (N-methyl/N-ethyl adjacent to an activating group) is 1. The molecule has 1 unspecified atom stereocenters. The van der Waals surface area contributed by atoms with E-state index in [-0.39, 0.29) is 5.82 Å². The van der Waals surface area contributed by atoms with Crippen molar-refractivity contribution in [3.8, 4) is 0 Å². The molecule has 0 bridgehead atoms. The first-order valence-corrected chi connectivity index (χ1v) is 7.23. The number of nitrogens with zero attached hydrogens (tertiary/aromatic N) is 3. The highest BCUT2D eigenvalue weighted by Crippen LogP contribution is 2.18. The summed E-state index contributed by atoms with van der Waals surface area (Å²) in [5.41, 5.74) is 0.480. The normalized spacial score (nSPS) is 20.5. The molecule has 1 fully saturated rings. The minimum atomic E-state index is -0.302. The summed E-state index contributed by atoms with van der Waals surface area (Å²) < 4.78 is 14.0. The topological polar surface area (TPSA) is 41.1 Å². The zero-order valence-electron chi connectivity index (χ0n) is 11.8. The molecule has 1 aromatic heterocycles. The van der Waals surface area contributed by atoms with Crippen LogP contribution < -0.4 is 5.32 Å². The van der Waals surface area contributed by atoms with Gasteiger partial charge in [-0.05, 0) is 32.4 Å². The molecule has 2 rings (SSSR count). The fraction of sp³-hybridized carbons (Fsp3) is 0.714. The fourth-order valence-corrected chi connectivity index (χ4v) is 2.70. The average Bonchev–Trinajstić information content (AvgIpc) is 2.46. The van der Waals surface area contributed by atoms with E-state index in [4.69, 9.17) is 0 Å². The van der Waals surface area contributed by atoms with Crippen molar-refractivity contribution in [3.63, 3.8) is 0 Å². The van der Waals surface area contributed by atoms with E-state index in [0.29, 0.717) is 24.0 Å². The van der Waals surface area contributed by atoms with Crippen LogP contribution in [0.25, 0.3) is 0 Å². The molecule has 1 aromatic rings. The molecule has 2 heterocycles. The van der Waals surface area contributed by atoms with E-state index < -0.39 is 0 Å². The van der Waals surface area contributed by atoms with Gasteiger partial charge < -0.3 is 5.32 Å². The number of aryl methyl sites for hydroxylation is 1. The second-order valence-electron chi connectivity index (χ2n) is 5.00. The molecule has 0 amide bonds. The van der Waals surface area contributed by atoms with Gasteiger partial charge in [-0.3, -0.25) is 4.90 Å². The number of aromatic nitrogens is 2. The molecular weight excluding hydrogens is 243 g/mol. The van der Waals surface area contributed by atoms with Crippen LogP contribution in [0, 0.1) is 5.82 Å². The highest BCUT2D eigenvalue weighted by Gasteiger charge is 2.21. The Balaban J connectivity index is 1.98. The summed E-state index contributed by atoms with van der Waals surface area (Å²) in [6.45, 7) is 7.03. The fourth-order valence-electron chi connectivity index (χ4n) is 2.70. The van der Waals surface area contributed by atoms with Crippen LogP contribution in [0.5, 0.6) is 0 Å². The molecule has 0 spiro atoms. The number of hydrogen-bond acceptors (Lipinski definition) is 4. The summed E-state index contributed by atoms with van der Waals surface area (Å²) in [5, 5.41) is 3.15. The van der Waals surface area contributed by atoms with E-state index in [1.165, 1.54) is 25.6 Å². The van der Waals surface area contributed by atoms with Gasteiger partial charge in [-0.2, -0.15) is 0 Å². The molecule has 0 aliphatic carbocycles. The molecule has 1 N–H and O–H groups in total. The lowest BCUT2D eigenvalue weighted by Gasteiger charge is -2.35. The summed E-state index contributed by atoms with van der Waals surface area (Å²) in [6.07, 6.45) is 5.73. The molecule has 1 atom stereocenters. The first-order valence-electron chi connectivity index (χ1n) is 7.23. The SMILES string of the molecule is CCc1ncnc(NCC2CCCCN2CC)c1F. The first kappa shape index (κ1) is 14.2. The molecule has 5 heteroatoms. The Kier molecular flexibility index (Phi) is 5.07. The van der Waals surface area contributed by atoms with Crippen molar-refractivity contribution in [1.29, 1.82) is 0 Å². The van der Waals surface area contributed by atoms with Crippen molar-refractivity contribution in [2.45, 2.75) is 45.6 Å². The molecule has 4 nitrogen and oxygen atoms in total. The molecule has 0 saturated carbocycles. The third-order valence-electron chi connectivity index (χ3n) is 3.86. The lowest BCUT2D eigenvalue weighted by Crippen LogP contribution is -2.43. The Morgan fingerprint density at radius 1 is 1.37 bits per heavy atom. The van der Waals surface area contributed by atoms with E-state index in [9.17, 15) is 4.39 Å². The van der Waals surface area contributed by atoms with Gasteiger partial charge in [0.15, 0.2) is 11.6 Å². The van der Waals surface area contributed by atoms with E-state index >= 15 is 0 Å². The highest BCUT2D eigenvalue weighted by molar-refractivity contribution is 5.37. The van der Waals surface area contributed by atoms with Gasteiger partial charge in [0.2, 0.25) is 0 Å². The number of likely N-dealkylation sites (tertiary alicyclic amines) is 1. The number of nitrogens with one attached hydrogen (secondary N) is 1. The van der Waals surface area contributed by atoms with Gasteiger partial charge in [-0.15, -0.1) is 0 Å². The van der Waals surface area contributed by atoms with Crippen LogP contribution in [0.3, 0.4) is 0 Å². The molecule has 0 aromatic carbocycles. The van der Waals surface area contributed by atoms with Crippen LogP contribution >= 0.6 is 0 Å². The highest BCUT2D eigenvalue weighted by atomic mass is 19.1. The van der Waals surface area contributed by atoms with Gasteiger partial charge in [0, 0.05) is 12.6 Å². The lowest BCUT2D eigenvalue weighted by molar-refractivity contribution is 0.164. The molecule has 19 heavy (non-hydrogen) atoms. The maximum Gasteiger partial charge on any atom is 0.186 e. The smallest absolute Gasteiger partial charge is 0.186 e. The summed E-state index contributed by atoms with van der Waals surface area (Å²) in [5.74, 6) is 0.0392. The summed E-state index contributed by atoms with van der Waals surface area (Å²) in [6, 6.07) is 0.484. The molecular formula is C14H23FN4. The number of hydrogen-bond donors (Lipinski definition) is 1. The molecule has 0 radical (unpaired) electrons. The Bertz CT molecular complexity index is 410. The summed E-state index contributed by atoms with van der Waals surface area (Å²) in [7, 11) is 0. The quantitative estimate of drug-likeness (QED) is 0.889. The van der Waals surface area contributed by atoms with E-state index in [1.54, 1.807) is 0 Å². The van der Waals surface area contributed by atoms with Crippen molar-refractivity contribution < 1.29 is 4.39 Å². The van der Waals surface area contributed by atoms with Gasteiger partial charge in [0.05, 0.1) is 5.69 Å². The van der Waals surface area contributed by atoms with Crippen molar-refractivity contribution in [2.24, 2.45) is 0 Å². The maximum absolute atomic E-state index is 14.0. The standard InChI is InChI=1S/C14H23FN4/c1-3-12-13(15)14(18-10-17-12)16-9-11-7-5-6-8-19(11)4-2/h10-11H,3-9H2,1-2H3,(H,16,17,18). The first-order chi connectivity index (χ1) is 9.26. The van der Waals surface area contributed by atoms with Crippen LogP contribution in [0.15, 0.2) is 6.33 Å². The zero-order chi connectivity index (χ0) is 13.7. The predicted molar refractivity (Wildman–Crippen MR) is 74.7 cm³/mol. The molecule has 1 saturated heterocycles. The third-order valence-corrected chi connectivity index (χ3v) is 3.86. The summed E-state index contributed by atoms with van der Waals surface area (Å²) in [4.78, 5) is 10.4. The minimum absolute atomic E-state index is 0.302. The van der Waals surface area contributed by atoms with E-state index in [1.807, 2.05) is 6.92 Å². The Morgan fingerprint density at radius 2 is 2.21 bits per heavy atom. The Hall–Kier alpha value is -1.23. The van der Waals surface area contributed by atoms with Crippen LogP contribution in [0.2, 0.25) is 0 Å². The van der Waals surface area contributed by atoms with Crippen molar-refractivity contribution in [2.75, 3.05) is 25.0 Å².